The zero-order valence-electron chi connectivity index (χ0n) is 8.14. The van der Waals surface area contributed by atoms with Crippen molar-refractivity contribution in [1.29, 1.82) is 0 Å². The Morgan fingerprint density at radius 3 is 2.77 bits per heavy atom. The van der Waals surface area contributed by atoms with Crippen LogP contribution < -0.4 is 0 Å². The Kier molecular flexibility index (Phi) is 2.26. The lowest BCUT2D eigenvalue weighted by Crippen LogP contribution is -2.03. The predicted molar refractivity (Wildman–Crippen MR) is 54.1 cm³/mol. The highest BCUT2D eigenvalue weighted by molar-refractivity contribution is 5.44. The van der Waals surface area contributed by atoms with Gasteiger partial charge < -0.3 is 5.11 Å². The van der Waals surface area contributed by atoms with Crippen molar-refractivity contribution < 1.29 is 5.11 Å². The van der Waals surface area contributed by atoms with Gasteiger partial charge in [-0.25, -0.2) is 0 Å². The number of fused-ring (bicyclic) bond motifs is 1. The zero-order valence-corrected chi connectivity index (χ0v) is 8.14. The van der Waals surface area contributed by atoms with Gasteiger partial charge in [-0.05, 0) is 54.9 Å². The average Bonchev–Trinajstić information content (AvgIpc) is 2.18. The molecule has 0 fully saturated rings. The van der Waals surface area contributed by atoms with Crippen LogP contribution in [0.15, 0.2) is 12.1 Å². The van der Waals surface area contributed by atoms with Crippen LogP contribution in [0.2, 0.25) is 0 Å². The summed E-state index contributed by atoms with van der Waals surface area (Å²) in [4.78, 5) is 0. The van der Waals surface area contributed by atoms with Gasteiger partial charge in [0.15, 0.2) is 0 Å². The lowest BCUT2D eigenvalue weighted by atomic mass is 9.89. The molecule has 1 aromatic rings. The van der Waals surface area contributed by atoms with Gasteiger partial charge in [-0.15, -0.1) is 0 Å². The van der Waals surface area contributed by atoms with Crippen LogP contribution in [0.3, 0.4) is 0 Å². The van der Waals surface area contributed by atoms with E-state index in [4.69, 9.17) is 0 Å². The van der Waals surface area contributed by atoms with Gasteiger partial charge in [-0.2, -0.15) is 0 Å². The molecule has 0 radical (unpaired) electrons. The molecular weight excluding hydrogens is 160 g/mol. The first-order valence-electron chi connectivity index (χ1n) is 5.15. The number of phenolic OH excluding ortho intramolecular Hbond substituents is 1. The number of hydrogen-bond acceptors (Lipinski definition) is 1. The number of aryl methyl sites for hydroxylation is 2. The van der Waals surface area contributed by atoms with E-state index in [0.717, 1.165) is 19.3 Å². The molecule has 0 bridgehead atoms. The third-order valence-electron chi connectivity index (χ3n) is 2.91. The minimum absolute atomic E-state index is 0.522. The minimum atomic E-state index is 0.522. The molecule has 0 spiro atoms. The van der Waals surface area contributed by atoms with E-state index in [1.165, 1.54) is 29.5 Å². The maximum Gasteiger partial charge on any atom is 0.119 e. The van der Waals surface area contributed by atoms with E-state index in [1.807, 2.05) is 6.07 Å². The Morgan fingerprint density at radius 1 is 1.23 bits per heavy atom. The molecule has 0 atom stereocenters. The Hall–Kier alpha value is -0.980. The highest BCUT2D eigenvalue weighted by Crippen LogP contribution is 2.30. The van der Waals surface area contributed by atoms with Crippen molar-refractivity contribution in [2.75, 3.05) is 0 Å². The molecule has 1 aliphatic carbocycles. The molecule has 2 rings (SSSR count). The van der Waals surface area contributed by atoms with Crippen molar-refractivity contribution in [3.8, 4) is 5.75 Å². The van der Waals surface area contributed by atoms with Crippen LogP contribution in [0.4, 0.5) is 0 Å². The second kappa shape index (κ2) is 3.41. The Morgan fingerprint density at radius 2 is 2.00 bits per heavy atom. The fourth-order valence-electron chi connectivity index (χ4n) is 2.11. The summed E-state index contributed by atoms with van der Waals surface area (Å²) >= 11 is 0. The summed E-state index contributed by atoms with van der Waals surface area (Å²) < 4.78 is 0. The Balaban J connectivity index is 2.47. The molecule has 1 aromatic carbocycles. The van der Waals surface area contributed by atoms with E-state index >= 15 is 0 Å². The van der Waals surface area contributed by atoms with Crippen molar-refractivity contribution in [2.24, 2.45) is 0 Å². The second-order valence-corrected chi connectivity index (χ2v) is 3.81. The molecule has 0 unspecified atom stereocenters. The molecule has 1 aliphatic rings. The number of phenols is 1. The highest BCUT2D eigenvalue weighted by Gasteiger charge is 2.13. The van der Waals surface area contributed by atoms with Crippen LogP contribution >= 0.6 is 0 Å². The molecule has 0 heterocycles. The van der Waals surface area contributed by atoms with Gasteiger partial charge in [0.2, 0.25) is 0 Å². The standard InChI is InChI=1S/C12H16O/c1-2-9-7-10-5-3-4-6-11(10)12(13)8-9/h7-8,13H,2-6H2,1H3. The topological polar surface area (TPSA) is 20.2 Å². The van der Waals surface area contributed by atoms with Crippen LogP contribution in [-0.2, 0) is 19.3 Å². The van der Waals surface area contributed by atoms with Gasteiger partial charge in [0, 0.05) is 0 Å². The van der Waals surface area contributed by atoms with E-state index in [9.17, 15) is 5.11 Å². The number of benzene rings is 1. The lowest BCUT2D eigenvalue weighted by Gasteiger charge is -2.17. The molecule has 0 aliphatic heterocycles. The SMILES string of the molecule is CCc1cc(O)c2c(c1)CCCC2. The lowest BCUT2D eigenvalue weighted by molar-refractivity contribution is 0.461. The van der Waals surface area contributed by atoms with Crippen molar-refractivity contribution >= 4 is 0 Å². The van der Waals surface area contributed by atoms with Crippen molar-refractivity contribution in [1.82, 2.24) is 0 Å². The quantitative estimate of drug-likeness (QED) is 0.697. The first kappa shape index (κ1) is 8.61. The number of hydrogen-bond donors (Lipinski definition) is 1. The van der Waals surface area contributed by atoms with E-state index in [2.05, 4.69) is 13.0 Å². The molecular formula is C12H16O. The van der Waals surface area contributed by atoms with E-state index in [1.54, 1.807) is 0 Å². The first-order chi connectivity index (χ1) is 6.31. The van der Waals surface area contributed by atoms with Crippen molar-refractivity contribution in [2.45, 2.75) is 39.0 Å². The molecule has 0 amide bonds. The van der Waals surface area contributed by atoms with E-state index in [-0.39, 0.29) is 0 Å². The molecule has 0 saturated heterocycles. The van der Waals surface area contributed by atoms with Crippen LogP contribution in [0, 0.1) is 0 Å². The van der Waals surface area contributed by atoms with Crippen LogP contribution in [0.5, 0.6) is 5.75 Å². The second-order valence-electron chi connectivity index (χ2n) is 3.81. The van der Waals surface area contributed by atoms with Gasteiger partial charge in [0.1, 0.15) is 5.75 Å². The van der Waals surface area contributed by atoms with E-state index < -0.39 is 0 Å². The highest BCUT2D eigenvalue weighted by atomic mass is 16.3. The summed E-state index contributed by atoms with van der Waals surface area (Å²) in [6.07, 6.45) is 5.73. The van der Waals surface area contributed by atoms with Gasteiger partial charge in [-0.3, -0.25) is 0 Å². The van der Waals surface area contributed by atoms with Crippen LogP contribution in [-0.4, -0.2) is 5.11 Å². The van der Waals surface area contributed by atoms with Crippen molar-refractivity contribution in [3.63, 3.8) is 0 Å². The third-order valence-corrected chi connectivity index (χ3v) is 2.91. The Labute approximate surface area is 79.4 Å². The molecule has 1 N–H and O–H groups in total. The van der Waals surface area contributed by atoms with E-state index in [0.29, 0.717) is 5.75 Å². The first-order valence-corrected chi connectivity index (χ1v) is 5.15. The molecule has 1 nitrogen and oxygen atoms in total. The maximum absolute atomic E-state index is 9.77. The molecule has 70 valence electrons. The fraction of sp³-hybridized carbons (Fsp3) is 0.500. The van der Waals surface area contributed by atoms with Crippen LogP contribution in [0.1, 0.15) is 36.5 Å². The van der Waals surface area contributed by atoms with Gasteiger partial charge in [0.25, 0.3) is 0 Å². The summed E-state index contributed by atoms with van der Waals surface area (Å²) in [5, 5.41) is 9.77. The molecule has 0 aromatic heterocycles. The summed E-state index contributed by atoms with van der Waals surface area (Å²) in [6.45, 7) is 2.13. The maximum atomic E-state index is 9.77. The Bertz CT molecular complexity index is 315. The summed E-state index contributed by atoms with van der Waals surface area (Å²) in [5.74, 6) is 0.522. The number of aromatic hydroxyl groups is 1. The molecule has 13 heavy (non-hydrogen) atoms. The monoisotopic (exact) mass is 176 g/mol. The number of rotatable bonds is 1. The largest absolute Gasteiger partial charge is 0.508 e. The van der Waals surface area contributed by atoms with Crippen molar-refractivity contribution in [3.05, 3.63) is 28.8 Å². The normalized spacial score (nSPS) is 15.5. The van der Waals surface area contributed by atoms with Crippen LogP contribution in [0.25, 0.3) is 0 Å². The van der Waals surface area contributed by atoms with Gasteiger partial charge >= 0.3 is 0 Å². The summed E-state index contributed by atoms with van der Waals surface area (Å²) in [6, 6.07) is 4.18. The fourth-order valence-corrected chi connectivity index (χ4v) is 2.11. The van der Waals surface area contributed by atoms with Gasteiger partial charge in [-0.1, -0.05) is 13.0 Å². The zero-order chi connectivity index (χ0) is 9.26. The third kappa shape index (κ3) is 1.55. The smallest absolute Gasteiger partial charge is 0.119 e. The summed E-state index contributed by atoms with van der Waals surface area (Å²) in [5.41, 5.74) is 3.84. The molecule has 1 heteroatoms. The predicted octanol–water partition coefficient (Wildman–Crippen LogP) is 2.83. The minimum Gasteiger partial charge on any atom is -0.508 e. The average molecular weight is 176 g/mol. The summed E-state index contributed by atoms with van der Waals surface area (Å²) in [7, 11) is 0. The molecule has 0 saturated carbocycles. The van der Waals surface area contributed by atoms with Gasteiger partial charge in [0.05, 0.1) is 0 Å².